The molecule has 1 aliphatic carbocycles. The van der Waals surface area contributed by atoms with Crippen LogP contribution < -0.4 is 10.1 Å². The van der Waals surface area contributed by atoms with Crippen LogP contribution in [0.1, 0.15) is 44.6 Å². The maximum Gasteiger partial charge on any atom is 0.330 e. The highest BCUT2D eigenvalue weighted by molar-refractivity contribution is 5.82. The van der Waals surface area contributed by atoms with E-state index in [-0.39, 0.29) is 5.97 Å². The van der Waals surface area contributed by atoms with Crippen molar-refractivity contribution < 1.29 is 14.3 Å². The van der Waals surface area contributed by atoms with Crippen molar-refractivity contribution in [2.75, 3.05) is 14.2 Å². The number of ether oxygens (including phenoxy) is 2. The molecule has 1 aliphatic rings. The van der Waals surface area contributed by atoms with Gasteiger partial charge in [-0.05, 0) is 37.5 Å². The first-order valence-electron chi connectivity index (χ1n) is 7.61. The predicted octanol–water partition coefficient (Wildman–Crippen LogP) is 3.01. The second kappa shape index (κ2) is 6.94. The molecule has 0 saturated heterocycles. The van der Waals surface area contributed by atoms with E-state index in [9.17, 15) is 4.79 Å². The second-order valence-corrected chi connectivity index (χ2v) is 5.83. The summed E-state index contributed by atoms with van der Waals surface area (Å²) in [6.45, 7) is 1.89. The molecule has 4 nitrogen and oxygen atoms in total. The van der Waals surface area contributed by atoms with E-state index in [1.54, 1.807) is 7.11 Å². The van der Waals surface area contributed by atoms with Crippen LogP contribution in [0.3, 0.4) is 0 Å². The van der Waals surface area contributed by atoms with Crippen molar-refractivity contribution in [3.05, 3.63) is 29.8 Å². The fraction of sp³-hybridized carbons (Fsp3) is 0.588. The minimum absolute atomic E-state index is 0.263. The molecule has 0 aliphatic heterocycles. The molecule has 0 bridgehead atoms. The second-order valence-electron chi connectivity index (χ2n) is 5.83. The van der Waals surface area contributed by atoms with E-state index in [1.165, 1.54) is 26.4 Å². The zero-order valence-electron chi connectivity index (χ0n) is 13.1. The van der Waals surface area contributed by atoms with Crippen molar-refractivity contribution in [3.63, 3.8) is 0 Å². The molecule has 0 amide bonds. The minimum Gasteiger partial charge on any atom is -0.497 e. The van der Waals surface area contributed by atoms with E-state index < -0.39 is 5.54 Å². The Labute approximate surface area is 126 Å². The fourth-order valence-electron chi connectivity index (χ4n) is 3.05. The summed E-state index contributed by atoms with van der Waals surface area (Å²) in [6, 6.07) is 7.97. The van der Waals surface area contributed by atoms with Gasteiger partial charge in [0.25, 0.3) is 0 Å². The van der Waals surface area contributed by atoms with Gasteiger partial charge in [-0.1, -0.05) is 31.4 Å². The normalized spacial score (nSPS) is 18.8. The lowest BCUT2D eigenvalue weighted by atomic mass is 9.87. The number of benzene rings is 1. The Balaban J connectivity index is 2.28. The van der Waals surface area contributed by atoms with Gasteiger partial charge in [0.05, 0.1) is 14.2 Å². The van der Waals surface area contributed by atoms with E-state index in [0.29, 0.717) is 6.04 Å². The van der Waals surface area contributed by atoms with Gasteiger partial charge in [-0.2, -0.15) is 0 Å². The zero-order chi connectivity index (χ0) is 15.3. The topological polar surface area (TPSA) is 47.6 Å². The molecule has 1 aromatic rings. The Hall–Kier alpha value is -1.55. The predicted molar refractivity (Wildman–Crippen MR) is 82.4 cm³/mol. The van der Waals surface area contributed by atoms with Crippen LogP contribution in [0.15, 0.2) is 24.3 Å². The largest absolute Gasteiger partial charge is 0.497 e. The maximum atomic E-state index is 12.4. The van der Waals surface area contributed by atoms with Crippen LogP contribution in [0.4, 0.5) is 0 Å². The molecule has 1 aromatic carbocycles. The zero-order valence-corrected chi connectivity index (χ0v) is 13.1. The lowest BCUT2D eigenvalue weighted by Gasteiger charge is -2.35. The number of carbonyl (C=O) groups is 1. The van der Waals surface area contributed by atoms with Gasteiger partial charge < -0.3 is 9.47 Å². The Morgan fingerprint density at radius 3 is 2.57 bits per heavy atom. The van der Waals surface area contributed by atoms with Crippen LogP contribution in [-0.4, -0.2) is 26.2 Å². The first-order chi connectivity index (χ1) is 10.1. The van der Waals surface area contributed by atoms with E-state index in [0.717, 1.165) is 24.2 Å². The molecule has 0 aromatic heterocycles. The van der Waals surface area contributed by atoms with Crippen molar-refractivity contribution in [2.24, 2.45) is 0 Å². The molecule has 1 unspecified atom stereocenters. The quantitative estimate of drug-likeness (QED) is 0.847. The standard InChI is InChI=1S/C17H25NO3/c1-17(16(19)21-3,18-14-9-5-4-6-10-14)13-8-7-11-15(12-13)20-2/h7-8,11-12,14,18H,4-6,9-10H2,1-3H3. The molecule has 0 radical (unpaired) electrons. The lowest BCUT2D eigenvalue weighted by Crippen LogP contribution is -2.52. The van der Waals surface area contributed by atoms with Crippen LogP contribution in [0.5, 0.6) is 5.75 Å². The Morgan fingerprint density at radius 1 is 1.24 bits per heavy atom. The van der Waals surface area contributed by atoms with Gasteiger partial charge in [-0.3, -0.25) is 5.32 Å². The van der Waals surface area contributed by atoms with Gasteiger partial charge >= 0.3 is 5.97 Å². The number of nitrogens with one attached hydrogen (secondary N) is 1. The van der Waals surface area contributed by atoms with E-state index in [2.05, 4.69) is 5.32 Å². The van der Waals surface area contributed by atoms with Gasteiger partial charge in [-0.15, -0.1) is 0 Å². The van der Waals surface area contributed by atoms with Gasteiger partial charge in [0, 0.05) is 6.04 Å². The molecule has 0 spiro atoms. The molecular formula is C17H25NO3. The molecule has 1 saturated carbocycles. The fourth-order valence-corrected chi connectivity index (χ4v) is 3.05. The molecule has 1 N–H and O–H groups in total. The molecule has 1 atom stereocenters. The van der Waals surface area contributed by atoms with Gasteiger partial charge in [0.1, 0.15) is 11.3 Å². The van der Waals surface area contributed by atoms with Crippen LogP contribution in [-0.2, 0) is 15.1 Å². The summed E-state index contributed by atoms with van der Waals surface area (Å²) >= 11 is 0. The number of esters is 1. The number of methoxy groups -OCH3 is 2. The third-order valence-electron chi connectivity index (χ3n) is 4.34. The highest BCUT2D eigenvalue weighted by atomic mass is 16.5. The third-order valence-corrected chi connectivity index (χ3v) is 4.34. The monoisotopic (exact) mass is 291 g/mol. The molecule has 1 fully saturated rings. The molecule has 116 valence electrons. The highest BCUT2D eigenvalue weighted by Crippen LogP contribution is 2.29. The van der Waals surface area contributed by atoms with E-state index >= 15 is 0 Å². The summed E-state index contributed by atoms with van der Waals surface area (Å²) < 4.78 is 10.3. The maximum absolute atomic E-state index is 12.4. The highest BCUT2D eigenvalue weighted by Gasteiger charge is 2.38. The number of carbonyl (C=O) groups excluding carboxylic acids is 1. The number of rotatable bonds is 5. The molecule has 4 heteroatoms. The van der Waals surface area contributed by atoms with Gasteiger partial charge in [0.2, 0.25) is 0 Å². The SMILES string of the molecule is COC(=O)C(C)(NC1CCCCC1)c1cccc(OC)c1. The summed E-state index contributed by atoms with van der Waals surface area (Å²) in [5.74, 6) is 0.481. The summed E-state index contributed by atoms with van der Waals surface area (Å²) in [5, 5.41) is 3.52. The Morgan fingerprint density at radius 2 is 1.95 bits per heavy atom. The Kier molecular flexibility index (Phi) is 5.23. The summed E-state index contributed by atoms with van der Waals surface area (Å²) in [6.07, 6.45) is 5.93. The Bertz CT molecular complexity index is 483. The average molecular weight is 291 g/mol. The molecule has 2 rings (SSSR count). The minimum atomic E-state index is -0.842. The van der Waals surface area contributed by atoms with Crippen molar-refractivity contribution in [3.8, 4) is 5.75 Å². The van der Waals surface area contributed by atoms with Crippen LogP contribution in [0.25, 0.3) is 0 Å². The van der Waals surface area contributed by atoms with Crippen LogP contribution in [0, 0.1) is 0 Å². The van der Waals surface area contributed by atoms with Crippen LogP contribution in [0.2, 0.25) is 0 Å². The number of hydrogen-bond donors (Lipinski definition) is 1. The van der Waals surface area contributed by atoms with Crippen molar-refractivity contribution >= 4 is 5.97 Å². The average Bonchev–Trinajstić information content (AvgIpc) is 2.54. The first-order valence-corrected chi connectivity index (χ1v) is 7.61. The van der Waals surface area contributed by atoms with Crippen LogP contribution >= 0.6 is 0 Å². The summed E-state index contributed by atoms with van der Waals surface area (Å²) in [4.78, 5) is 12.4. The summed E-state index contributed by atoms with van der Waals surface area (Å²) in [5.41, 5.74) is 0.0324. The molecular weight excluding hydrogens is 266 g/mol. The van der Waals surface area contributed by atoms with Gasteiger partial charge in [0.15, 0.2) is 0 Å². The van der Waals surface area contributed by atoms with Crippen molar-refractivity contribution in [2.45, 2.75) is 50.6 Å². The lowest BCUT2D eigenvalue weighted by molar-refractivity contribution is -0.148. The van der Waals surface area contributed by atoms with E-state index in [4.69, 9.17) is 9.47 Å². The molecule has 0 heterocycles. The van der Waals surface area contributed by atoms with Crippen molar-refractivity contribution in [1.29, 1.82) is 0 Å². The molecule has 21 heavy (non-hydrogen) atoms. The first kappa shape index (κ1) is 15.8. The van der Waals surface area contributed by atoms with Crippen molar-refractivity contribution in [1.82, 2.24) is 5.32 Å². The van der Waals surface area contributed by atoms with Gasteiger partial charge in [-0.25, -0.2) is 4.79 Å². The third kappa shape index (κ3) is 3.56. The number of hydrogen-bond acceptors (Lipinski definition) is 4. The van der Waals surface area contributed by atoms with E-state index in [1.807, 2.05) is 31.2 Å². The summed E-state index contributed by atoms with van der Waals surface area (Å²) in [7, 11) is 3.06. The smallest absolute Gasteiger partial charge is 0.330 e.